The summed E-state index contributed by atoms with van der Waals surface area (Å²) in [6.45, 7) is -4.77. The molecule has 0 bridgehead atoms. The highest BCUT2D eigenvalue weighted by molar-refractivity contribution is 5.59. The molecule has 0 fully saturated rings. The van der Waals surface area contributed by atoms with E-state index in [2.05, 4.69) is 9.47 Å². The predicted molar refractivity (Wildman–Crippen MR) is 68.3 cm³/mol. The summed E-state index contributed by atoms with van der Waals surface area (Å²) in [5, 5.41) is 0. The van der Waals surface area contributed by atoms with E-state index in [4.69, 9.17) is 0 Å². The molecule has 0 heterocycles. The molecule has 0 rings (SSSR count). The topological polar surface area (TPSA) is 35.5 Å². The Labute approximate surface area is 170 Å². The molecule has 0 radical (unpaired) electrons. The van der Waals surface area contributed by atoms with Gasteiger partial charge < -0.3 is 9.47 Å². The summed E-state index contributed by atoms with van der Waals surface area (Å²) in [6.07, 6.45) is -17.7. The van der Waals surface area contributed by atoms with Crippen molar-refractivity contribution in [3.8, 4) is 0 Å². The van der Waals surface area contributed by atoms with Crippen molar-refractivity contribution < 1.29 is 88.9 Å². The van der Waals surface area contributed by atoms with Gasteiger partial charge in [-0.1, -0.05) is 0 Å². The summed E-state index contributed by atoms with van der Waals surface area (Å²) >= 11 is 0. The number of carbonyl (C=O) groups is 1. The van der Waals surface area contributed by atoms with Crippen LogP contribution in [0.25, 0.3) is 0 Å². The average Bonchev–Trinajstić information content (AvgIpc) is 2.61. The van der Waals surface area contributed by atoms with E-state index in [9.17, 15) is 79.4 Å². The number of hydrogen-bond donors (Lipinski definition) is 0. The lowest BCUT2D eigenvalue weighted by molar-refractivity contribution is -0.414. The minimum atomic E-state index is -7.86. The first kappa shape index (κ1) is 31.1. The van der Waals surface area contributed by atoms with Crippen LogP contribution in [-0.4, -0.2) is 67.5 Å². The Hall–Kier alpha value is -1.92. The molecule has 3 nitrogen and oxygen atoms in total. The van der Waals surface area contributed by atoms with E-state index in [1.807, 2.05) is 0 Å². The second-order valence-electron chi connectivity index (χ2n) is 6.04. The molecule has 0 aliphatic rings. The second-order valence-corrected chi connectivity index (χ2v) is 6.04. The summed E-state index contributed by atoms with van der Waals surface area (Å²) in [4.78, 5) is 10.8. The Morgan fingerprint density at radius 3 is 1.48 bits per heavy atom. The van der Waals surface area contributed by atoms with Crippen LogP contribution >= 0.6 is 0 Å². The quantitative estimate of drug-likeness (QED) is 0.171. The molecular formula is C13H9F17O3. The van der Waals surface area contributed by atoms with Crippen molar-refractivity contribution in [3.05, 3.63) is 0 Å². The Kier molecular flexibility index (Phi) is 8.83. The Morgan fingerprint density at radius 1 is 0.636 bits per heavy atom. The Balaban J connectivity index is 5.20. The van der Waals surface area contributed by atoms with Gasteiger partial charge in [0, 0.05) is 6.42 Å². The number of halogens is 17. The van der Waals surface area contributed by atoms with Gasteiger partial charge in [0.15, 0.2) is 6.61 Å². The Morgan fingerprint density at radius 2 is 1.09 bits per heavy atom. The minimum Gasteiger partial charge on any atom is -0.434 e. The van der Waals surface area contributed by atoms with Gasteiger partial charge in [-0.25, -0.2) is 13.6 Å². The average molecular weight is 536 g/mol. The number of carbonyl (C=O) groups excluding carboxylic acids is 1. The summed E-state index contributed by atoms with van der Waals surface area (Å²) in [6, 6.07) is 0. The zero-order valence-electron chi connectivity index (χ0n) is 15.1. The van der Waals surface area contributed by atoms with Gasteiger partial charge in [-0.15, -0.1) is 0 Å². The first-order valence-corrected chi connectivity index (χ1v) is 7.71. The SMILES string of the molecule is O=C(OCCCC(F)(F)C(F)(F)F)OCC(F)(F)C(F)(F)C(F)(F)C(F)(F)C(F)(F)C(F)F. The molecule has 0 unspecified atom stereocenters. The maximum absolute atomic E-state index is 13.3. The zero-order valence-corrected chi connectivity index (χ0v) is 15.1. The summed E-state index contributed by atoms with van der Waals surface area (Å²) in [5.41, 5.74) is 0. The maximum Gasteiger partial charge on any atom is 0.508 e. The van der Waals surface area contributed by atoms with E-state index in [0.717, 1.165) is 0 Å². The zero-order chi connectivity index (χ0) is 26.9. The fourth-order valence-corrected chi connectivity index (χ4v) is 1.65. The number of ether oxygens (including phenoxy) is 2. The van der Waals surface area contributed by atoms with E-state index < -0.39 is 80.3 Å². The predicted octanol–water partition coefficient (Wildman–Crippen LogP) is 6.56. The van der Waals surface area contributed by atoms with E-state index in [0.29, 0.717) is 0 Å². The van der Waals surface area contributed by atoms with Crippen LogP contribution in [0.5, 0.6) is 0 Å². The third-order valence-corrected chi connectivity index (χ3v) is 3.58. The molecule has 0 atom stereocenters. The summed E-state index contributed by atoms with van der Waals surface area (Å²) < 4.78 is 222. The van der Waals surface area contributed by atoms with Crippen molar-refractivity contribution in [2.45, 2.75) is 61.0 Å². The highest BCUT2D eigenvalue weighted by Gasteiger charge is 2.87. The van der Waals surface area contributed by atoms with Crippen molar-refractivity contribution in [3.63, 3.8) is 0 Å². The molecule has 0 N–H and O–H groups in total. The van der Waals surface area contributed by atoms with Crippen LogP contribution in [0.3, 0.4) is 0 Å². The Bertz CT molecular complexity index is 670. The standard InChI is InChI=1S/C13H9F17O3/c14-5(15)9(20,21)11(24,25)12(26,27)10(22,23)8(18,19)4-33-6(31)32-3-1-2-7(16,17)13(28,29)30/h5H,1-4H2. The normalized spacial score (nSPS) is 15.1. The molecule has 0 saturated carbocycles. The lowest BCUT2D eigenvalue weighted by Crippen LogP contribution is -2.69. The van der Waals surface area contributed by atoms with Crippen LogP contribution in [0.4, 0.5) is 79.4 Å². The largest absolute Gasteiger partial charge is 0.508 e. The monoisotopic (exact) mass is 536 g/mol. The molecule has 198 valence electrons. The third-order valence-electron chi connectivity index (χ3n) is 3.58. The van der Waals surface area contributed by atoms with Crippen molar-refractivity contribution >= 4 is 6.16 Å². The van der Waals surface area contributed by atoms with Crippen molar-refractivity contribution in [1.29, 1.82) is 0 Å². The lowest BCUT2D eigenvalue weighted by Gasteiger charge is -2.38. The molecule has 0 amide bonds. The van der Waals surface area contributed by atoms with Crippen molar-refractivity contribution in [2.75, 3.05) is 13.2 Å². The molecule has 0 aromatic rings. The van der Waals surface area contributed by atoms with Crippen molar-refractivity contribution in [1.82, 2.24) is 0 Å². The van der Waals surface area contributed by atoms with Gasteiger partial charge in [0.2, 0.25) is 0 Å². The van der Waals surface area contributed by atoms with Gasteiger partial charge >= 0.3 is 54.3 Å². The van der Waals surface area contributed by atoms with Crippen molar-refractivity contribution in [2.24, 2.45) is 0 Å². The molecule has 0 aliphatic heterocycles. The van der Waals surface area contributed by atoms with E-state index in [1.165, 1.54) is 0 Å². The maximum atomic E-state index is 13.3. The van der Waals surface area contributed by atoms with Gasteiger partial charge in [0.25, 0.3) is 0 Å². The molecule has 20 heteroatoms. The van der Waals surface area contributed by atoms with E-state index >= 15 is 0 Å². The van der Waals surface area contributed by atoms with E-state index in [1.54, 1.807) is 0 Å². The molecule has 33 heavy (non-hydrogen) atoms. The minimum absolute atomic E-state index is 1.33. The molecule has 0 saturated heterocycles. The first-order valence-electron chi connectivity index (χ1n) is 7.71. The van der Waals surface area contributed by atoms with Crippen LogP contribution in [-0.2, 0) is 9.47 Å². The number of rotatable bonds is 11. The summed E-state index contributed by atoms with van der Waals surface area (Å²) in [7, 11) is 0. The summed E-state index contributed by atoms with van der Waals surface area (Å²) in [5.74, 6) is -42.3. The number of alkyl halides is 17. The van der Waals surface area contributed by atoms with E-state index in [-0.39, 0.29) is 0 Å². The first-order chi connectivity index (χ1) is 14.3. The van der Waals surface area contributed by atoms with Crippen LogP contribution in [0.1, 0.15) is 12.8 Å². The van der Waals surface area contributed by atoms with Gasteiger partial charge in [-0.05, 0) is 6.42 Å². The van der Waals surface area contributed by atoms with Crippen LogP contribution in [0, 0.1) is 0 Å². The molecular weight excluding hydrogens is 527 g/mol. The lowest BCUT2D eigenvalue weighted by atomic mass is 9.94. The van der Waals surface area contributed by atoms with Gasteiger partial charge in [-0.3, -0.25) is 0 Å². The molecule has 0 aliphatic carbocycles. The highest BCUT2D eigenvalue weighted by atomic mass is 19.4. The molecule has 0 aromatic carbocycles. The number of hydrogen-bond acceptors (Lipinski definition) is 3. The third kappa shape index (κ3) is 5.96. The van der Waals surface area contributed by atoms with Gasteiger partial charge in [0.05, 0.1) is 6.61 Å². The van der Waals surface area contributed by atoms with Crippen LogP contribution in [0.15, 0.2) is 0 Å². The highest BCUT2D eigenvalue weighted by Crippen LogP contribution is 2.58. The fraction of sp³-hybridized carbons (Fsp3) is 0.923. The molecule has 0 spiro atoms. The second kappa shape index (κ2) is 9.38. The van der Waals surface area contributed by atoms with Gasteiger partial charge in [0.1, 0.15) is 0 Å². The molecule has 0 aromatic heterocycles. The van der Waals surface area contributed by atoms with Gasteiger partial charge in [-0.2, -0.15) is 65.9 Å². The smallest absolute Gasteiger partial charge is 0.434 e. The fourth-order valence-electron chi connectivity index (χ4n) is 1.65. The van der Waals surface area contributed by atoms with Crippen LogP contribution < -0.4 is 0 Å². The van der Waals surface area contributed by atoms with Crippen LogP contribution in [0.2, 0.25) is 0 Å².